The Hall–Kier alpha value is -2.37. The molecular formula is C13H7BrN4. The van der Waals surface area contributed by atoms with Gasteiger partial charge >= 0.3 is 0 Å². The summed E-state index contributed by atoms with van der Waals surface area (Å²) in [6, 6.07) is 14.5. The molecule has 0 aliphatic heterocycles. The molecule has 1 aromatic heterocycles. The molecule has 0 fully saturated rings. The van der Waals surface area contributed by atoms with Crippen molar-refractivity contribution in [2.24, 2.45) is 0 Å². The van der Waals surface area contributed by atoms with Crippen molar-refractivity contribution < 1.29 is 0 Å². The van der Waals surface area contributed by atoms with E-state index in [1.807, 2.05) is 12.1 Å². The van der Waals surface area contributed by atoms with Crippen molar-refractivity contribution >= 4 is 27.4 Å². The Morgan fingerprint density at radius 1 is 1.11 bits per heavy atom. The summed E-state index contributed by atoms with van der Waals surface area (Å²) in [5, 5.41) is 20.8. The van der Waals surface area contributed by atoms with Crippen LogP contribution in [-0.2, 0) is 0 Å². The second-order valence-corrected chi connectivity index (χ2v) is 4.36. The van der Waals surface area contributed by atoms with E-state index >= 15 is 0 Å². The smallest absolute Gasteiger partial charge is 0.142 e. The molecule has 0 radical (unpaired) electrons. The monoisotopic (exact) mass is 298 g/mol. The molecule has 4 nitrogen and oxygen atoms in total. The van der Waals surface area contributed by atoms with Gasteiger partial charge in [0.2, 0.25) is 0 Å². The fraction of sp³-hybridized carbons (Fsp3) is 0. The van der Waals surface area contributed by atoms with Gasteiger partial charge in [0.1, 0.15) is 23.7 Å². The summed E-state index contributed by atoms with van der Waals surface area (Å²) >= 11 is 3.31. The molecule has 0 spiro atoms. The summed E-state index contributed by atoms with van der Waals surface area (Å²) in [5.74, 6) is 0.535. The maximum atomic E-state index is 9.04. The lowest BCUT2D eigenvalue weighted by molar-refractivity contribution is 1.25. The van der Waals surface area contributed by atoms with E-state index in [1.165, 1.54) is 0 Å². The molecule has 0 aliphatic carbocycles. The van der Waals surface area contributed by atoms with E-state index < -0.39 is 0 Å². The fourth-order valence-corrected chi connectivity index (χ4v) is 1.78. The number of hydrogen-bond donors (Lipinski definition) is 1. The number of nitrogens with one attached hydrogen (secondary N) is 1. The van der Waals surface area contributed by atoms with Crippen LogP contribution >= 0.6 is 15.9 Å². The van der Waals surface area contributed by atoms with Gasteiger partial charge in [-0.25, -0.2) is 4.98 Å². The summed E-state index contributed by atoms with van der Waals surface area (Å²) in [6.07, 6.45) is 0. The standard InChI is InChI=1S/C13H7BrN4/c14-10-4-5-12(9(6-10)7-15)18-13-3-1-2-11(8-16)17-13/h1-6H,(H,17,18). The van der Waals surface area contributed by atoms with E-state index in [0.717, 1.165) is 4.47 Å². The Bertz CT molecular complexity index is 667. The first-order valence-corrected chi connectivity index (χ1v) is 5.86. The first-order valence-electron chi connectivity index (χ1n) is 5.07. The van der Waals surface area contributed by atoms with Crippen molar-refractivity contribution in [2.75, 3.05) is 5.32 Å². The van der Waals surface area contributed by atoms with Crippen molar-refractivity contribution in [3.63, 3.8) is 0 Å². The van der Waals surface area contributed by atoms with E-state index in [9.17, 15) is 0 Å². The third kappa shape index (κ3) is 2.65. The normalized spacial score (nSPS) is 9.28. The minimum atomic E-state index is 0.329. The van der Waals surface area contributed by atoms with Gasteiger partial charge in [-0.1, -0.05) is 22.0 Å². The number of pyridine rings is 1. The first-order chi connectivity index (χ1) is 8.72. The predicted octanol–water partition coefficient (Wildman–Crippen LogP) is 3.33. The third-order valence-electron chi connectivity index (χ3n) is 2.23. The van der Waals surface area contributed by atoms with E-state index in [0.29, 0.717) is 22.8 Å². The number of benzene rings is 1. The first kappa shape index (κ1) is 12.1. The van der Waals surface area contributed by atoms with E-state index in [4.69, 9.17) is 10.5 Å². The highest BCUT2D eigenvalue weighted by molar-refractivity contribution is 9.10. The van der Waals surface area contributed by atoms with Gasteiger partial charge in [-0.05, 0) is 30.3 Å². The number of hydrogen-bond acceptors (Lipinski definition) is 4. The van der Waals surface area contributed by atoms with Crippen LogP contribution in [0.15, 0.2) is 40.9 Å². The minimum absolute atomic E-state index is 0.329. The number of rotatable bonds is 2. The van der Waals surface area contributed by atoms with Gasteiger partial charge in [0, 0.05) is 4.47 Å². The van der Waals surface area contributed by atoms with Gasteiger partial charge in [0.15, 0.2) is 0 Å². The zero-order valence-corrected chi connectivity index (χ0v) is 10.8. The van der Waals surface area contributed by atoms with E-state index in [-0.39, 0.29) is 0 Å². The molecule has 0 atom stereocenters. The molecule has 2 aromatic rings. The molecule has 1 heterocycles. The van der Waals surface area contributed by atoms with Gasteiger partial charge in [-0.15, -0.1) is 0 Å². The Labute approximate surface area is 113 Å². The number of nitriles is 2. The molecule has 1 aromatic carbocycles. The van der Waals surface area contributed by atoms with Crippen molar-refractivity contribution in [3.8, 4) is 12.1 Å². The predicted molar refractivity (Wildman–Crippen MR) is 71.1 cm³/mol. The van der Waals surface area contributed by atoms with Crippen LogP contribution in [0.25, 0.3) is 0 Å². The molecule has 2 rings (SSSR count). The fourth-order valence-electron chi connectivity index (χ4n) is 1.42. The maximum absolute atomic E-state index is 9.04. The van der Waals surface area contributed by atoms with Gasteiger partial charge in [0.25, 0.3) is 0 Å². The Kier molecular flexibility index (Phi) is 3.57. The minimum Gasteiger partial charge on any atom is -0.339 e. The SMILES string of the molecule is N#Cc1cccc(Nc2ccc(Br)cc2C#N)n1. The van der Waals surface area contributed by atoms with Crippen LogP contribution in [-0.4, -0.2) is 4.98 Å². The zero-order valence-electron chi connectivity index (χ0n) is 9.18. The highest BCUT2D eigenvalue weighted by atomic mass is 79.9. The molecule has 86 valence electrons. The lowest BCUT2D eigenvalue weighted by atomic mass is 10.2. The van der Waals surface area contributed by atoms with Crippen LogP contribution in [0.1, 0.15) is 11.3 Å². The summed E-state index contributed by atoms with van der Waals surface area (Å²) < 4.78 is 0.836. The summed E-state index contributed by atoms with van der Waals surface area (Å²) in [5.41, 5.74) is 1.49. The van der Waals surface area contributed by atoms with Crippen LogP contribution in [0.4, 0.5) is 11.5 Å². The van der Waals surface area contributed by atoms with Crippen molar-refractivity contribution in [3.05, 3.63) is 52.1 Å². The molecule has 0 amide bonds. The summed E-state index contributed by atoms with van der Waals surface area (Å²) in [6.45, 7) is 0. The maximum Gasteiger partial charge on any atom is 0.142 e. The second kappa shape index (κ2) is 5.31. The Morgan fingerprint density at radius 3 is 2.67 bits per heavy atom. The average Bonchev–Trinajstić information content (AvgIpc) is 2.41. The molecule has 0 unspecified atom stereocenters. The highest BCUT2D eigenvalue weighted by Crippen LogP contribution is 2.23. The number of halogens is 1. The van der Waals surface area contributed by atoms with Gasteiger partial charge in [0.05, 0.1) is 11.3 Å². The van der Waals surface area contributed by atoms with Gasteiger partial charge in [-0.2, -0.15) is 10.5 Å². The lowest BCUT2D eigenvalue weighted by Gasteiger charge is -2.07. The number of anilines is 2. The molecule has 1 N–H and O–H groups in total. The van der Waals surface area contributed by atoms with Gasteiger partial charge in [-0.3, -0.25) is 0 Å². The summed E-state index contributed by atoms with van der Waals surface area (Å²) in [4.78, 5) is 4.09. The van der Waals surface area contributed by atoms with Gasteiger partial charge < -0.3 is 5.32 Å². The Morgan fingerprint density at radius 2 is 1.94 bits per heavy atom. The third-order valence-corrected chi connectivity index (χ3v) is 2.72. The second-order valence-electron chi connectivity index (χ2n) is 3.45. The van der Waals surface area contributed by atoms with Crippen LogP contribution < -0.4 is 5.32 Å². The van der Waals surface area contributed by atoms with Crippen LogP contribution in [0.3, 0.4) is 0 Å². The molecule has 0 aliphatic rings. The van der Waals surface area contributed by atoms with E-state index in [1.54, 1.807) is 30.3 Å². The average molecular weight is 299 g/mol. The van der Waals surface area contributed by atoms with Crippen LogP contribution in [0.5, 0.6) is 0 Å². The molecule has 0 bridgehead atoms. The highest BCUT2D eigenvalue weighted by Gasteiger charge is 2.04. The Balaban J connectivity index is 2.35. The zero-order chi connectivity index (χ0) is 13.0. The number of nitrogens with zero attached hydrogens (tertiary/aromatic N) is 3. The van der Waals surface area contributed by atoms with Crippen LogP contribution in [0, 0.1) is 22.7 Å². The molecule has 0 saturated heterocycles. The number of aromatic nitrogens is 1. The van der Waals surface area contributed by atoms with Crippen molar-refractivity contribution in [1.82, 2.24) is 4.98 Å². The van der Waals surface area contributed by atoms with Crippen LogP contribution in [0.2, 0.25) is 0 Å². The quantitative estimate of drug-likeness (QED) is 0.923. The molecule has 18 heavy (non-hydrogen) atoms. The molecular weight excluding hydrogens is 292 g/mol. The van der Waals surface area contributed by atoms with E-state index in [2.05, 4.69) is 32.3 Å². The van der Waals surface area contributed by atoms with Crippen molar-refractivity contribution in [2.45, 2.75) is 0 Å². The van der Waals surface area contributed by atoms with Crippen molar-refractivity contribution in [1.29, 1.82) is 10.5 Å². The largest absolute Gasteiger partial charge is 0.339 e. The molecule has 5 heteroatoms. The topological polar surface area (TPSA) is 72.5 Å². The molecule has 0 saturated carbocycles. The summed E-state index contributed by atoms with van der Waals surface area (Å²) in [7, 11) is 0. The lowest BCUT2D eigenvalue weighted by Crippen LogP contribution is -1.97.